The first-order chi connectivity index (χ1) is 16.2. The number of hydrogen-bond acceptors (Lipinski definition) is 5. The van der Waals surface area contributed by atoms with Gasteiger partial charge in [-0.05, 0) is 28.8 Å². The van der Waals surface area contributed by atoms with E-state index in [1.54, 1.807) is 7.11 Å². The summed E-state index contributed by atoms with van der Waals surface area (Å²) in [5, 5.41) is 0. The van der Waals surface area contributed by atoms with E-state index in [1.165, 1.54) is 0 Å². The molecule has 33 heavy (non-hydrogen) atoms. The molecule has 0 N–H and O–H groups in total. The van der Waals surface area contributed by atoms with E-state index in [-0.39, 0.29) is 17.5 Å². The third-order valence-electron chi connectivity index (χ3n) is 6.71. The highest BCUT2D eigenvalue weighted by atomic mass is 16.5. The standard InChI is InChI=1S/C28H28O5/c1-30-28(12-14-31-15-13-28)22-9-5-6-20(16-22)19-32-23-10-11-24-25(21-7-3-2-4-8-21)18-27(29)33-26(24)17-23/h2-11,16-17,25H,12-15,18-19H2,1H3. The van der Waals surface area contributed by atoms with Crippen molar-refractivity contribution in [1.82, 2.24) is 0 Å². The number of carbonyl (C=O) groups excluding carboxylic acids is 1. The van der Waals surface area contributed by atoms with Gasteiger partial charge >= 0.3 is 5.97 Å². The van der Waals surface area contributed by atoms with Crippen LogP contribution in [0.4, 0.5) is 0 Å². The van der Waals surface area contributed by atoms with Crippen molar-refractivity contribution in [2.45, 2.75) is 37.4 Å². The number of methoxy groups -OCH3 is 1. The van der Waals surface area contributed by atoms with Crippen LogP contribution in [0.5, 0.6) is 11.5 Å². The molecule has 5 nitrogen and oxygen atoms in total. The lowest BCUT2D eigenvalue weighted by molar-refractivity contribution is -0.135. The van der Waals surface area contributed by atoms with Crippen LogP contribution >= 0.6 is 0 Å². The van der Waals surface area contributed by atoms with E-state index in [1.807, 2.05) is 42.5 Å². The molecule has 0 spiro atoms. The van der Waals surface area contributed by atoms with Crippen LogP contribution in [0.2, 0.25) is 0 Å². The quantitative estimate of drug-likeness (QED) is 0.379. The zero-order valence-electron chi connectivity index (χ0n) is 18.8. The number of fused-ring (bicyclic) bond motifs is 1. The van der Waals surface area contributed by atoms with E-state index in [4.69, 9.17) is 18.9 Å². The number of carbonyl (C=O) groups is 1. The van der Waals surface area contributed by atoms with Crippen LogP contribution in [0.25, 0.3) is 0 Å². The molecule has 1 atom stereocenters. The minimum Gasteiger partial charge on any atom is -0.489 e. The van der Waals surface area contributed by atoms with Crippen molar-refractivity contribution in [3.8, 4) is 11.5 Å². The topological polar surface area (TPSA) is 54.0 Å². The maximum absolute atomic E-state index is 12.3. The molecule has 2 aliphatic heterocycles. The first kappa shape index (κ1) is 21.7. The molecule has 0 aromatic heterocycles. The van der Waals surface area contributed by atoms with Crippen molar-refractivity contribution in [1.29, 1.82) is 0 Å². The van der Waals surface area contributed by atoms with Crippen molar-refractivity contribution in [3.63, 3.8) is 0 Å². The summed E-state index contributed by atoms with van der Waals surface area (Å²) < 4.78 is 23.1. The number of ether oxygens (including phenoxy) is 4. The van der Waals surface area contributed by atoms with Crippen molar-refractivity contribution >= 4 is 5.97 Å². The van der Waals surface area contributed by atoms with Gasteiger partial charge < -0.3 is 18.9 Å². The molecule has 0 radical (unpaired) electrons. The zero-order valence-corrected chi connectivity index (χ0v) is 18.8. The van der Waals surface area contributed by atoms with Gasteiger partial charge in [0.1, 0.15) is 18.1 Å². The third-order valence-corrected chi connectivity index (χ3v) is 6.71. The Morgan fingerprint density at radius 2 is 1.79 bits per heavy atom. The largest absolute Gasteiger partial charge is 0.489 e. The molecule has 3 aromatic carbocycles. The molecule has 170 valence electrons. The van der Waals surface area contributed by atoms with Gasteiger partial charge in [-0.25, -0.2) is 0 Å². The minimum atomic E-state index is -0.305. The lowest BCUT2D eigenvalue weighted by Crippen LogP contribution is -2.35. The summed E-state index contributed by atoms with van der Waals surface area (Å²) in [5.41, 5.74) is 4.03. The Labute approximate surface area is 194 Å². The highest BCUT2D eigenvalue weighted by molar-refractivity contribution is 5.78. The molecular formula is C28H28O5. The number of benzene rings is 3. The highest BCUT2D eigenvalue weighted by Gasteiger charge is 2.34. The molecule has 0 bridgehead atoms. The molecule has 2 heterocycles. The summed E-state index contributed by atoms with van der Waals surface area (Å²) in [4.78, 5) is 12.3. The highest BCUT2D eigenvalue weighted by Crippen LogP contribution is 2.40. The van der Waals surface area contributed by atoms with Crippen LogP contribution < -0.4 is 9.47 Å². The first-order valence-corrected chi connectivity index (χ1v) is 11.4. The lowest BCUT2D eigenvalue weighted by Gasteiger charge is -2.36. The molecule has 0 amide bonds. The summed E-state index contributed by atoms with van der Waals surface area (Å²) in [6, 6.07) is 24.2. The molecule has 1 fully saturated rings. The van der Waals surface area contributed by atoms with Gasteiger partial charge in [0, 0.05) is 50.7 Å². The van der Waals surface area contributed by atoms with E-state index in [2.05, 4.69) is 30.3 Å². The van der Waals surface area contributed by atoms with Gasteiger partial charge in [-0.15, -0.1) is 0 Å². The normalized spacial score (nSPS) is 19.4. The van der Waals surface area contributed by atoms with Gasteiger partial charge in [-0.2, -0.15) is 0 Å². The Morgan fingerprint density at radius 3 is 2.58 bits per heavy atom. The average Bonchev–Trinajstić information content (AvgIpc) is 2.88. The molecule has 0 aliphatic carbocycles. The van der Waals surface area contributed by atoms with Crippen LogP contribution in [0, 0.1) is 0 Å². The molecule has 2 aliphatic rings. The van der Waals surface area contributed by atoms with Crippen LogP contribution in [0.3, 0.4) is 0 Å². The summed E-state index contributed by atoms with van der Waals surface area (Å²) in [6.07, 6.45) is 2.02. The van der Waals surface area contributed by atoms with Crippen LogP contribution in [0.1, 0.15) is 47.4 Å². The van der Waals surface area contributed by atoms with E-state index in [9.17, 15) is 4.79 Å². The van der Waals surface area contributed by atoms with Crippen molar-refractivity contribution in [2.75, 3.05) is 20.3 Å². The second kappa shape index (κ2) is 9.38. The molecule has 0 saturated carbocycles. The van der Waals surface area contributed by atoms with Gasteiger partial charge in [-0.1, -0.05) is 54.6 Å². The van der Waals surface area contributed by atoms with Crippen LogP contribution in [0.15, 0.2) is 72.8 Å². The second-order valence-electron chi connectivity index (χ2n) is 8.64. The van der Waals surface area contributed by atoms with Crippen LogP contribution in [-0.2, 0) is 26.5 Å². The Bertz CT molecular complexity index is 1120. The van der Waals surface area contributed by atoms with E-state index < -0.39 is 0 Å². The SMILES string of the molecule is COC1(c2cccc(COc3ccc4c(c3)OC(=O)CC4c3ccccc3)c2)CCOCC1. The predicted octanol–water partition coefficient (Wildman–Crippen LogP) is 5.36. The Kier molecular flexibility index (Phi) is 6.16. The fourth-order valence-corrected chi connectivity index (χ4v) is 4.83. The van der Waals surface area contributed by atoms with Crippen LogP contribution in [-0.4, -0.2) is 26.3 Å². The van der Waals surface area contributed by atoms with E-state index in [0.29, 0.717) is 37.7 Å². The lowest BCUT2D eigenvalue weighted by atomic mass is 9.85. The number of rotatable bonds is 6. The summed E-state index contributed by atoms with van der Waals surface area (Å²) in [7, 11) is 1.77. The predicted molar refractivity (Wildman–Crippen MR) is 124 cm³/mol. The van der Waals surface area contributed by atoms with Crippen molar-refractivity contribution < 1.29 is 23.7 Å². The average molecular weight is 445 g/mol. The maximum Gasteiger partial charge on any atom is 0.312 e. The monoisotopic (exact) mass is 444 g/mol. The molecule has 5 heteroatoms. The number of hydrogen-bond donors (Lipinski definition) is 0. The zero-order chi connectivity index (χ0) is 22.7. The number of esters is 1. The van der Waals surface area contributed by atoms with E-state index >= 15 is 0 Å². The van der Waals surface area contributed by atoms with Gasteiger partial charge in [0.25, 0.3) is 0 Å². The Morgan fingerprint density at radius 1 is 0.970 bits per heavy atom. The van der Waals surface area contributed by atoms with Crippen molar-refractivity contribution in [3.05, 3.63) is 95.1 Å². The van der Waals surface area contributed by atoms with Gasteiger partial charge in [0.15, 0.2) is 0 Å². The second-order valence-corrected chi connectivity index (χ2v) is 8.64. The Hall–Kier alpha value is -3.15. The minimum absolute atomic E-state index is 0.00196. The fourth-order valence-electron chi connectivity index (χ4n) is 4.83. The van der Waals surface area contributed by atoms with Gasteiger partial charge in [0.05, 0.1) is 12.0 Å². The summed E-state index contributed by atoms with van der Waals surface area (Å²) >= 11 is 0. The smallest absolute Gasteiger partial charge is 0.312 e. The molecule has 1 saturated heterocycles. The van der Waals surface area contributed by atoms with Crippen molar-refractivity contribution in [2.24, 2.45) is 0 Å². The third kappa shape index (κ3) is 4.52. The maximum atomic E-state index is 12.3. The molecule has 1 unspecified atom stereocenters. The summed E-state index contributed by atoms with van der Waals surface area (Å²) in [6.45, 7) is 1.82. The van der Waals surface area contributed by atoms with Gasteiger partial charge in [-0.3, -0.25) is 4.79 Å². The summed E-state index contributed by atoms with van der Waals surface area (Å²) in [5.74, 6) is 1.03. The molecule has 5 rings (SSSR count). The molecular weight excluding hydrogens is 416 g/mol. The Balaban J connectivity index is 1.33. The fraction of sp³-hybridized carbons (Fsp3) is 0.321. The van der Waals surface area contributed by atoms with Gasteiger partial charge in [0.2, 0.25) is 0 Å². The first-order valence-electron chi connectivity index (χ1n) is 11.4. The molecule has 3 aromatic rings. The van der Waals surface area contributed by atoms with E-state index in [0.717, 1.165) is 35.1 Å².